The zero-order chi connectivity index (χ0) is 15.7. The van der Waals surface area contributed by atoms with Crippen LogP contribution in [-0.2, 0) is 4.43 Å². The molecule has 0 unspecified atom stereocenters. The van der Waals surface area contributed by atoms with Crippen molar-refractivity contribution in [1.29, 1.82) is 0 Å². The molecule has 1 aliphatic carbocycles. The molecular weight excluding hydrogens is 288 g/mol. The smallest absolute Gasteiger partial charge is 0.241 e. The monoisotopic (exact) mass is 318 g/mol. The normalized spacial score (nSPS) is 23.6. The van der Waals surface area contributed by atoms with Crippen LogP contribution in [-0.4, -0.2) is 16.4 Å². The summed E-state index contributed by atoms with van der Waals surface area (Å²) in [5.41, 5.74) is 0.690. The molecule has 0 aromatic heterocycles. The van der Waals surface area contributed by atoms with Crippen LogP contribution in [0.4, 0.5) is 0 Å². The quantitative estimate of drug-likeness (QED) is 0.699. The Balaban J connectivity index is 2.27. The molecular formula is C18H30OSi2. The summed E-state index contributed by atoms with van der Waals surface area (Å²) in [7, 11) is -2.97. The summed E-state index contributed by atoms with van der Waals surface area (Å²) in [4.78, 5) is 0. The van der Waals surface area contributed by atoms with Crippen LogP contribution in [0.2, 0.25) is 38.3 Å². The first-order valence-electron chi connectivity index (χ1n) is 8.14. The topological polar surface area (TPSA) is 9.23 Å². The Bertz CT molecular complexity index is 500. The number of benzene rings is 1. The van der Waals surface area contributed by atoms with E-state index in [0.29, 0.717) is 5.54 Å². The van der Waals surface area contributed by atoms with E-state index < -0.39 is 16.4 Å². The van der Waals surface area contributed by atoms with Gasteiger partial charge in [-0.1, -0.05) is 55.5 Å². The summed E-state index contributed by atoms with van der Waals surface area (Å²) in [6.07, 6.45) is 4.92. The highest BCUT2D eigenvalue weighted by Crippen LogP contribution is 2.39. The lowest BCUT2D eigenvalue weighted by molar-refractivity contribution is 0.341. The van der Waals surface area contributed by atoms with Crippen LogP contribution in [0.15, 0.2) is 42.2 Å². The number of allylic oxidation sites excluding steroid dienone is 2. The molecule has 1 aliphatic rings. The molecule has 1 aromatic carbocycles. The fourth-order valence-corrected chi connectivity index (χ4v) is 7.29. The standard InChI is InChI=1S/C18H30OSi2/c1-15-12-16(19-20(2,3)4)14-18(13-15)21(5,6)17-10-8-7-9-11-17/h7-11,14-15,18H,12-13H2,1-6H3/t15-,18+/m0/s1. The molecule has 0 N–H and O–H groups in total. The predicted molar refractivity (Wildman–Crippen MR) is 98.2 cm³/mol. The van der Waals surface area contributed by atoms with Gasteiger partial charge in [-0.15, -0.1) is 0 Å². The van der Waals surface area contributed by atoms with E-state index in [-0.39, 0.29) is 0 Å². The molecule has 0 fully saturated rings. The molecule has 0 heterocycles. The molecule has 2 rings (SSSR count). The number of rotatable bonds is 4. The molecule has 0 saturated heterocycles. The minimum atomic E-state index is -1.50. The summed E-state index contributed by atoms with van der Waals surface area (Å²) in [6, 6.07) is 11.1. The van der Waals surface area contributed by atoms with Crippen LogP contribution in [0.25, 0.3) is 0 Å². The van der Waals surface area contributed by atoms with E-state index in [0.717, 1.165) is 12.3 Å². The van der Waals surface area contributed by atoms with E-state index in [1.807, 2.05) is 0 Å². The zero-order valence-electron chi connectivity index (χ0n) is 14.4. The van der Waals surface area contributed by atoms with Crippen molar-refractivity contribution < 1.29 is 4.43 Å². The van der Waals surface area contributed by atoms with Crippen molar-refractivity contribution in [3.05, 3.63) is 42.2 Å². The molecule has 0 saturated carbocycles. The maximum Gasteiger partial charge on any atom is 0.241 e. The number of hydrogen-bond acceptors (Lipinski definition) is 1. The highest BCUT2D eigenvalue weighted by atomic mass is 28.4. The van der Waals surface area contributed by atoms with Crippen LogP contribution in [0.3, 0.4) is 0 Å². The Morgan fingerprint density at radius 2 is 1.62 bits per heavy atom. The van der Waals surface area contributed by atoms with Crippen molar-refractivity contribution in [2.75, 3.05) is 0 Å². The van der Waals surface area contributed by atoms with Gasteiger partial charge in [-0.2, -0.15) is 0 Å². The van der Waals surface area contributed by atoms with Crippen molar-refractivity contribution in [2.24, 2.45) is 5.92 Å². The van der Waals surface area contributed by atoms with Gasteiger partial charge in [-0.25, -0.2) is 0 Å². The Hall–Kier alpha value is -0.806. The highest BCUT2D eigenvalue weighted by Gasteiger charge is 2.36. The van der Waals surface area contributed by atoms with Crippen molar-refractivity contribution >= 4 is 21.6 Å². The summed E-state index contributed by atoms with van der Waals surface area (Å²) in [6.45, 7) is 14.2. The van der Waals surface area contributed by atoms with Gasteiger partial charge in [0, 0.05) is 6.42 Å². The largest absolute Gasteiger partial charge is 0.548 e. The van der Waals surface area contributed by atoms with Gasteiger partial charge in [0.1, 0.15) is 0 Å². The van der Waals surface area contributed by atoms with Crippen LogP contribution in [0.5, 0.6) is 0 Å². The third-order valence-corrected chi connectivity index (χ3v) is 9.43. The third-order valence-electron chi connectivity index (χ3n) is 4.48. The molecule has 0 bridgehead atoms. The average molecular weight is 319 g/mol. The minimum absolute atomic E-state index is 0.690. The lowest BCUT2D eigenvalue weighted by Gasteiger charge is -2.38. The second-order valence-corrected chi connectivity index (χ2v) is 17.3. The summed E-state index contributed by atoms with van der Waals surface area (Å²) < 4.78 is 6.33. The van der Waals surface area contributed by atoms with Crippen molar-refractivity contribution in [2.45, 2.75) is 58.0 Å². The van der Waals surface area contributed by atoms with E-state index in [1.165, 1.54) is 12.2 Å². The number of hydrogen-bond donors (Lipinski definition) is 0. The molecule has 21 heavy (non-hydrogen) atoms. The van der Waals surface area contributed by atoms with E-state index >= 15 is 0 Å². The van der Waals surface area contributed by atoms with Gasteiger partial charge in [-0.3, -0.25) is 0 Å². The molecule has 2 atom stereocenters. The van der Waals surface area contributed by atoms with E-state index in [1.54, 1.807) is 5.19 Å². The Morgan fingerprint density at radius 1 is 1.00 bits per heavy atom. The van der Waals surface area contributed by atoms with Gasteiger partial charge in [-0.05, 0) is 43.6 Å². The summed E-state index contributed by atoms with van der Waals surface area (Å²) in [5, 5.41) is 1.56. The van der Waals surface area contributed by atoms with Gasteiger partial charge >= 0.3 is 0 Å². The molecule has 1 nitrogen and oxygen atoms in total. The van der Waals surface area contributed by atoms with Crippen molar-refractivity contribution in [3.63, 3.8) is 0 Å². The minimum Gasteiger partial charge on any atom is -0.548 e. The van der Waals surface area contributed by atoms with E-state index in [9.17, 15) is 0 Å². The second-order valence-electron chi connectivity index (χ2n) is 8.09. The highest BCUT2D eigenvalue weighted by molar-refractivity contribution is 6.91. The first kappa shape index (κ1) is 16.6. The third kappa shape index (κ3) is 4.33. The van der Waals surface area contributed by atoms with Crippen LogP contribution >= 0.6 is 0 Å². The lowest BCUT2D eigenvalue weighted by atomic mass is 9.95. The zero-order valence-corrected chi connectivity index (χ0v) is 16.4. The first-order valence-corrected chi connectivity index (χ1v) is 14.6. The van der Waals surface area contributed by atoms with Gasteiger partial charge in [0.15, 0.2) is 0 Å². The molecule has 0 amide bonds. The van der Waals surface area contributed by atoms with Crippen LogP contribution < -0.4 is 5.19 Å². The lowest BCUT2D eigenvalue weighted by Crippen LogP contribution is -2.46. The Morgan fingerprint density at radius 3 is 2.19 bits per heavy atom. The fraction of sp³-hybridized carbons (Fsp3) is 0.556. The Labute approximate surface area is 132 Å². The van der Waals surface area contributed by atoms with Crippen molar-refractivity contribution in [3.8, 4) is 0 Å². The molecule has 116 valence electrons. The maximum atomic E-state index is 6.33. The summed E-state index contributed by atoms with van der Waals surface area (Å²) in [5.74, 6) is 2.01. The van der Waals surface area contributed by atoms with Crippen molar-refractivity contribution in [1.82, 2.24) is 0 Å². The average Bonchev–Trinajstić information content (AvgIpc) is 2.37. The molecule has 0 radical (unpaired) electrons. The SMILES string of the molecule is C[C@H]1CC(O[Si](C)(C)C)=C[C@H]([Si](C)(C)c2ccccc2)C1. The van der Waals surface area contributed by atoms with Gasteiger partial charge in [0.05, 0.1) is 13.8 Å². The summed E-state index contributed by atoms with van der Waals surface area (Å²) >= 11 is 0. The van der Waals surface area contributed by atoms with Gasteiger partial charge in [0.25, 0.3) is 0 Å². The molecule has 1 aromatic rings. The predicted octanol–water partition coefficient (Wildman–Crippen LogP) is 5.14. The first-order chi connectivity index (χ1) is 9.68. The van der Waals surface area contributed by atoms with Crippen LogP contribution in [0.1, 0.15) is 19.8 Å². The second kappa shape index (κ2) is 6.13. The van der Waals surface area contributed by atoms with Gasteiger partial charge < -0.3 is 4.43 Å². The molecule has 0 aliphatic heterocycles. The maximum absolute atomic E-state index is 6.33. The fourth-order valence-electron chi connectivity index (χ4n) is 3.27. The van der Waals surface area contributed by atoms with Crippen LogP contribution in [0, 0.1) is 5.92 Å². The Kier molecular flexibility index (Phi) is 4.83. The van der Waals surface area contributed by atoms with E-state index in [2.05, 4.69) is 76.1 Å². The van der Waals surface area contributed by atoms with Gasteiger partial charge in [0.2, 0.25) is 8.32 Å². The van der Waals surface area contributed by atoms with E-state index in [4.69, 9.17) is 4.43 Å². The molecule has 0 spiro atoms. The molecule has 3 heteroatoms.